The molecule has 4 rings (SSSR count). The van der Waals surface area contributed by atoms with Crippen LogP contribution in [0.2, 0.25) is 5.02 Å². The zero-order valence-corrected chi connectivity index (χ0v) is 21.2. The highest BCUT2D eigenvalue weighted by molar-refractivity contribution is 7.90. The van der Waals surface area contributed by atoms with Crippen molar-refractivity contribution in [3.63, 3.8) is 0 Å². The van der Waals surface area contributed by atoms with Crippen molar-refractivity contribution in [3.05, 3.63) is 71.6 Å². The van der Waals surface area contributed by atoms with Crippen molar-refractivity contribution in [1.29, 1.82) is 0 Å². The molecule has 188 valence electrons. The maximum absolute atomic E-state index is 12.9. The largest absolute Gasteiger partial charge is 0.355 e. The molecule has 36 heavy (non-hydrogen) atoms. The fourth-order valence-corrected chi connectivity index (χ4v) is 4.83. The Hall–Kier alpha value is -3.50. The van der Waals surface area contributed by atoms with Crippen molar-refractivity contribution in [1.82, 2.24) is 9.97 Å². The summed E-state index contributed by atoms with van der Waals surface area (Å²) in [5.41, 5.74) is 1.36. The van der Waals surface area contributed by atoms with Crippen molar-refractivity contribution in [2.45, 2.75) is 24.2 Å². The molecule has 0 saturated carbocycles. The molecule has 0 aliphatic carbocycles. The Balaban J connectivity index is 1.46. The average molecular weight is 528 g/mol. The first-order valence-corrected chi connectivity index (χ1v) is 13.7. The van der Waals surface area contributed by atoms with Gasteiger partial charge in [-0.25, -0.2) is 13.4 Å². The third-order valence-corrected chi connectivity index (χ3v) is 7.27. The van der Waals surface area contributed by atoms with Crippen molar-refractivity contribution in [3.8, 4) is 0 Å². The molecule has 3 heterocycles. The molecular weight excluding hydrogens is 502 g/mol. The molecule has 0 radical (unpaired) electrons. The number of rotatable bonds is 7. The summed E-state index contributed by atoms with van der Waals surface area (Å²) in [5, 5.41) is 6.10. The topological polar surface area (TPSA) is 121 Å². The lowest BCUT2D eigenvalue weighted by molar-refractivity contribution is -0.117. The molecule has 0 unspecified atom stereocenters. The van der Waals surface area contributed by atoms with E-state index in [2.05, 4.69) is 20.6 Å². The van der Waals surface area contributed by atoms with Gasteiger partial charge in [0.2, 0.25) is 5.91 Å². The number of nitrogens with zero attached hydrogens (tertiary/aromatic N) is 3. The Morgan fingerprint density at radius 2 is 1.81 bits per heavy atom. The molecule has 3 aromatic rings. The van der Waals surface area contributed by atoms with Crippen molar-refractivity contribution in [2.24, 2.45) is 5.92 Å². The first-order valence-electron chi connectivity index (χ1n) is 11.4. The molecule has 0 spiro atoms. The van der Waals surface area contributed by atoms with Gasteiger partial charge in [0, 0.05) is 60.6 Å². The van der Waals surface area contributed by atoms with Gasteiger partial charge in [-0.1, -0.05) is 17.7 Å². The van der Waals surface area contributed by atoms with E-state index in [9.17, 15) is 18.0 Å². The SMILES string of the molecule is CS(=O)(=O)c1cnc(N2CCC(CC(=O)Nc3ccncc3)CC2)c(NC(=O)c2cccc(Cl)c2)c1. The highest BCUT2D eigenvalue weighted by Gasteiger charge is 2.25. The standard InChI is InChI=1S/C25H26ClN5O4S/c1-36(34,35)21-15-22(30-25(33)18-3-2-4-19(26)14-18)24(28-16-21)31-11-7-17(8-12-31)13-23(32)29-20-5-9-27-10-6-20/h2-6,9-10,14-17H,7-8,11-13H2,1H3,(H,30,33)(H,27,29,32). The lowest BCUT2D eigenvalue weighted by atomic mass is 9.93. The molecular formula is C25H26ClN5O4S. The van der Waals surface area contributed by atoms with Gasteiger partial charge in [-0.15, -0.1) is 0 Å². The van der Waals surface area contributed by atoms with Crippen LogP contribution in [0.4, 0.5) is 17.2 Å². The van der Waals surface area contributed by atoms with Crippen LogP contribution in [0.3, 0.4) is 0 Å². The summed E-state index contributed by atoms with van der Waals surface area (Å²) in [5.74, 6) is 0.207. The van der Waals surface area contributed by atoms with Crippen LogP contribution in [0.25, 0.3) is 0 Å². The summed E-state index contributed by atoms with van der Waals surface area (Å²) >= 11 is 6.01. The number of aromatic nitrogens is 2. The highest BCUT2D eigenvalue weighted by atomic mass is 35.5. The number of carbonyl (C=O) groups is 2. The number of anilines is 3. The van der Waals surface area contributed by atoms with Gasteiger partial charge in [0.15, 0.2) is 15.7 Å². The summed E-state index contributed by atoms with van der Waals surface area (Å²) in [4.78, 5) is 35.6. The molecule has 1 fully saturated rings. The summed E-state index contributed by atoms with van der Waals surface area (Å²) < 4.78 is 24.2. The lowest BCUT2D eigenvalue weighted by Gasteiger charge is -2.33. The maximum Gasteiger partial charge on any atom is 0.255 e. The monoisotopic (exact) mass is 527 g/mol. The molecule has 2 aromatic heterocycles. The molecule has 1 aliphatic heterocycles. The van der Waals surface area contributed by atoms with E-state index in [1.165, 1.54) is 18.3 Å². The Bertz CT molecular complexity index is 1360. The average Bonchev–Trinajstić information content (AvgIpc) is 2.84. The number of benzene rings is 1. The zero-order valence-electron chi connectivity index (χ0n) is 19.6. The van der Waals surface area contributed by atoms with Gasteiger partial charge in [-0.2, -0.15) is 0 Å². The van der Waals surface area contributed by atoms with Gasteiger partial charge < -0.3 is 15.5 Å². The molecule has 1 aliphatic rings. The Morgan fingerprint density at radius 1 is 1.08 bits per heavy atom. The molecule has 9 nitrogen and oxygen atoms in total. The summed E-state index contributed by atoms with van der Waals surface area (Å²) in [7, 11) is -3.53. The second kappa shape index (κ2) is 11.0. The first kappa shape index (κ1) is 25.6. The molecule has 11 heteroatoms. The van der Waals surface area contributed by atoms with Crippen LogP contribution in [0.1, 0.15) is 29.6 Å². The third kappa shape index (κ3) is 6.58. The molecule has 2 N–H and O–H groups in total. The minimum absolute atomic E-state index is 0.00955. The zero-order chi connectivity index (χ0) is 25.7. The Morgan fingerprint density at radius 3 is 2.47 bits per heavy atom. The summed E-state index contributed by atoms with van der Waals surface area (Å²) in [6, 6.07) is 11.4. The molecule has 1 saturated heterocycles. The second-order valence-corrected chi connectivity index (χ2v) is 11.1. The van der Waals surface area contributed by atoms with Crippen LogP contribution in [0.15, 0.2) is 66.0 Å². The minimum atomic E-state index is -3.53. The van der Waals surface area contributed by atoms with Gasteiger partial charge in [-0.05, 0) is 55.2 Å². The fourth-order valence-electron chi connectivity index (χ4n) is 4.07. The van der Waals surface area contributed by atoms with Crippen LogP contribution in [0.5, 0.6) is 0 Å². The first-order chi connectivity index (χ1) is 17.2. The van der Waals surface area contributed by atoms with E-state index >= 15 is 0 Å². The van der Waals surface area contributed by atoms with E-state index in [4.69, 9.17) is 11.6 Å². The van der Waals surface area contributed by atoms with Gasteiger partial charge in [-0.3, -0.25) is 14.6 Å². The van der Waals surface area contributed by atoms with E-state index < -0.39 is 15.7 Å². The third-order valence-electron chi connectivity index (χ3n) is 5.96. The quantitative estimate of drug-likeness (QED) is 0.475. The predicted octanol–water partition coefficient (Wildman–Crippen LogP) is 4.03. The Labute approximate surface area is 214 Å². The Kier molecular flexibility index (Phi) is 7.85. The number of nitrogens with one attached hydrogen (secondary N) is 2. The number of hydrogen-bond acceptors (Lipinski definition) is 7. The fraction of sp³-hybridized carbons (Fsp3) is 0.280. The number of amides is 2. The normalized spacial score (nSPS) is 14.3. The smallest absolute Gasteiger partial charge is 0.255 e. The molecule has 1 aromatic carbocycles. The number of piperidine rings is 1. The second-order valence-electron chi connectivity index (χ2n) is 8.70. The van der Waals surface area contributed by atoms with E-state index in [-0.39, 0.29) is 16.7 Å². The van der Waals surface area contributed by atoms with E-state index in [0.717, 1.165) is 19.1 Å². The summed E-state index contributed by atoms with van der Waals surface area (Å²) in [6.07, 6.45) is 7.54. The van der Waals surface area contributed by atoms with Crippen LogP contribution in [0, 0.1) is 5.92 Å². The molecule has 2 amide bonds. The van der Waals surface area contributed by atoms with Crippen molar-refractivity contribution in [2.75, 3.05) is 34.9 Å². The van der Waals surface area contributed by atoms with Crippen molar-refractivity contribution < 1.29 is 18.0 Å². The van der Waals surface area contributed by atoms with Gasteiger partial charge >= 0.3 is 0 Å². The number of halogens is 1. The van der Waals surface area contributed by atoms with Gasteiger partial charge in [0.1, 0.15) is 0 Å². The van der Waals surface area contributed by atoms with E-state index in [1.807, 2.05) is 4.90 Å². The van der Waals surface area contributed by atoms with Gasteiger partial charge in [0.25, 0.3) is 5.91 Å². The van der Waals surface area contributed by atoms with E-state index in [1.54, 1.807) is 42.7 Å². The minimum Gasteiger partial charge on any atom is -0.355 e. The van der Waals surface area contributed by atoms with Crippen LogP contribution in [-0.4, -0.2) is 49.5 Å². The van der Waals surface area contributed by atoms with Crippen LogP contribution in [-0.2, 0) is 14.6 Å². The summed E-state index contributed by atoms with van der Waals surface area (Å²) in [6.45, 7) is 1.22. The number of carbonyl (C=O) groups excluding carboxylic acids is 2. The van der Waals surface area contributed by atoms with Crippen molar-refractivity contribution >= 4 is 50.4 Å². The maximum atomic E-state index is 12.9. The molecule has 0 bridgehead atoms. The highest BCUT2D eigenvalue weighted by Crippen LogP contribution is 2.31. The predicted molar refractivity (Wildman–Crippen MR) is 139 cm³/mol. The number of pyridine rings is 2. The van der Waals surface area contributed by atoms with E-state index in [0.29, 0.717) is 47.3 Å². The number of hydrogen-bond donors (Lipinski definition) is 2. The lowest BCUT2D eigenvalue weighted by Crippen LogP contribution is -2.36. The van der Waals surface area contributed by atoms with Crippen LogP contribution >= 0.6 is 11.6 Å². The molecule has 0 atom stereocenters. The van der Waals surface area contributed by atoms with Gasteiger partial charge in [0.05, 0.1) is 10.6 Å². The van der Waals surface area contributed by atoms with Crippen LogP contribution < -0.4 is 15.5 Å². The number of sulfone groups is 1.